The molecular formula is C43H62N6O7. The number of amides is 4. The zero-order chi connectivity index (χ0) is 40.6. The van der Waals surface area contributed by atoms with Crippen LogP contribution >= 0.6 is 0 Å². The van der Waals surface area contributed by atoms with E-state index in [0.717, 1.165) is 30.4 Å². The summed E-state index contributed by atoms with van der Waals surface area (Å²) in [7, 11) is 1.39. The Morgan fingerprint density at radius 1 is 0.857 bits per heavy atom. The number of rotatable bonds is 24. The van der Waals surface area contributed by atoms with E-state index in [-0.39, 0.29) is 42.1 Å². The molecule has 0 aliphatic carbocycles. The summed E-state index contributed by atoms with van der Waals surface area (Å²) in [4.78, 5) is 86.6. The molecule has 2 aliphatic rings. The lowest BCUT2D eigenvalue weighted by Gasteiger charge is -2.36. The van der Waals surface area contributed by atoms with Gasteiger partial charge in [0.05, 0.1) is 31.7 Å². The van der Waals surface area contributed by atoms with E-state index >= 15 is 0 Å². The number of nitrogens with one attached hydrogen (secondary N) is 2. The molecule has 2 saturated heterocycles. The SMILES string of the molecule is CCCCc1ccc(-c2ccc(C(=O)N[C@@H](CCCCN)C(=O)N3CCC[C@H]3C(=O)C[C@@H](C)C(=O)N[C@@H](CCCCN)C(=O)C[C@@H]3CN(OC)C3=O)cc2)cc1. The molecule has 56 heavy (non-hydrogen) atoms. The zero-order valence-electron chi connectivity index (χ0n) is 33.4. The van der Waals surface area contributed by atoms with Gasteiger partial charge in [-0.2, -0.15) is 0 Å². The third kappa shape index (κ3) is 12.3. The third-order valence-electron chi connectivity index (χ3n) is 11.0. The van der Waals surface area contributed by atoms with Crippen molar-refractivity contribution < 1.29 is 33.6 Å². The van der Waals surface area contributed by atoms with Crippen molar-refractivity contribution >= 4 is 35.2 Å². The van der Waals surface area contributed by atoms with Gasteiger partial charge in [0.15, 0.2) is 11.6 Å². The molecule has 5 atom stereocenters. The van der Waals surface area contributed by atoms with Crippen LogP contribution in [-0.4, -0.2) is 96.6 Å². The van der Waals surface area contributed by atoms with Gasteiger partial charge in [-0.1, -0.05) is 56.7 Å². The lowest BCUT2D eigenvalue weighted by atomic mass is 9.90. The Balaban J connectivity index is 1.37. The van der Waals surface area contributed by atoms with Crippen molar-refractivity contribution in [1.29, 1.82) is 0 Å². The summed E-state index contributed by atoms with van der Waals surface area (Å²) >= 11 is 0. The fourth-order valence-corrected chi connectivity index (χ4v) is 7.43. The number of hydroxylamine groups is 2. The molecular weight excluding hydrogens is 713 g/mol. The molecule has 306 valence electrons. The first-order valence-electron chi connectivity index (χ1n) is 20.4. The summed E-state index contributed by atoms with van der Waals surface area (Å²) in [6.07, 6.45) is 7.61. The van der Waals surface area contributed by atoms with Gasteiger partial charge < -0.3 is 27.0 Å². The van der Waals surface area contributed by atoms with Crippen LogP contribution in [0.25, 0.3) is 11.1 Å². The molecule has 0 unspecified atom stereocenters. The second-order valence-corrected chi connectivity index (χ2v) is 15.2. The summed E-state index contributed by atoms with van der Waals surface area (Å²) in [6, 6.07) is 13.4. The van der Waals surface area contributed by atoms with E-state index in [0.29, 0.717) is 83.1 Å². The van der Waals surface area contributed by atoms with Gasteiger partial charge in [-0.15, -0.1) is 0 Å². The summed E-state index contributed by atoms with van der Waals surface area (Å²) < 4.78 is 0. The molecule has 0 radical (unpaired) electrons. The number of likely N-dealkylation sites (tertiary alicyclic amines) is 1. The van der Waals surface area contributed by atoms with Gasteiger partial charge in [0.2, 0.25) is 11.8 Å². The number of nitrogens with two attached hydrogens (primary N) is 2. The molecule has 0 aromatic heterocycles. The molecule has 13 nitrogen and oxygen atoms in total. The molecule has 0 saturated carbocycles. The number of benzene rings is 2. The quantitative estimate of drug-likeness (QED) is 0.0898. The van der Waals surface area contributed by atoms with Gasteiger partial charge in [0.1, 0.15) is 6.04 Å². The van der Waals surface area contributed by atoms with E-state index in [2.05, 4.69) is 41.8 Å². The first-order chi connectivity index (χ1) is 27.0. The van der Waals surface area contributed by atoms with Crippen LogP contribution in [0, 0.1) is 11.8 Å². The minimum absolute atomic E-state index is 0.0132. The molecule has 2 aromatic carbocycles. The van der Waals surface area contributed by atoms with Crippen molar-refractivity contribution in [2.75, 3.05) is 33.3 Å². The summed E-state index contributed by atoms with van der Waals surface area (Å²) in [5.41, 5.74) is 15.2. The number of carbonyl (C=O) groups excluding carboxylic acids is 6. The van der Waals surface area contributed by atoms with Crippen molar-refractivity contribution in [3.05, 3.63) is 59.7 Å². The maximum absolute atomic E-state index is 14.1. The second-order valence-electron chi connectivity index (χ2n) is 15.2. The lowest BCUT2D eigenvalue weighted by molar-refractivity contribution is -0.209. The zero-order valence-corrected chi connectivity index (χ0v) is 33.4. The van der Waals surface area contributed by atoms with Crippen molar-refractivity contribution in [3.63, 3.8) is 0 Å². The van der Waals surface area contributed by atoms with E-state index in [9.17, 15) is 28.8 Å². The van der Waals surface area contributed by atoms with Crippen LogP contribution in [0.3, 0.4) is 0 Å². The largest absolute Gasteiger partial charge is 0.346 e. The van der Waals surface area contributed by atoms with E-state index in [1.54, 1.807) is 24.0 Å². The Bertz CT molecular complexity index is 1630. The van der Waals surface area contributed by atoms with Crippen LogP contribution in [0.1, 0.15) is 107 Å². The molecule has 2 aliphatic heterocycles. The van der Waals surface area contributed by atoms with Gasteiger partial charge in [-0.3, -0.25) is 33.6 Å². The Morgan fingerprint density at radius 3 is 2.07 bits per heavy atom. The Labute approximate surface area is 331 Å². The number of hydrogen-bond acceptors (Lipinski definition) is 9. The molecule has 0 spiro atoms. The van der Waals surface area contributed by atoms with E-state index in [4.69, 9.17) is 16.3 Å². The van der Waals surface area contributed by atoms with Crippen LogP contribution in [0.2, 0.25) is 0 Å². The number of ketones is 2. The average molecular weight is 775 g/mol. The highest BCUT2D eigenvalue weighted by Gasteiger charge is 2.41. The number of nitrogens with zero attached hydrogens (tertiary/aromatic N) is 2. The average Bonchev–Trinajstić information content (AvgIpc) is 3.71. The number of hydrogen-bond donors (Lipinski definition) is 4. The number of β-lactam (4-membered cyclic amide) rings is 1. The van der Waals surface area contributed by atoms with Gasteiger partial charge in [0.25, 0.3) is 11.8 Å². The highest BCUT2D eigenvalue weighted by Crippen LogP contribution is 2.26. The van der Waals surface area contributed by atoms with E-state index < -0.39 is 35.9 Å². The Kier molecular flexibility index (Phi) is 17.6. The lowest BCUT2D eigenvalue weighted by Crippen LogP contribution is -2.54. The predicted molar refractivity (Wildman–Crippen MR) is 215 cm³/mol. The van der Waals surface area contributed by atoms with E-state index in [1.807, 2.05) is 12.1 Å². The topological polar surface area (TPSA) is 194 Å². The third-order valence-corrected chi connectivity index (χ3v) is 11.0. The maximum Gasteiger partial charge on any atom is 0.251 e. The number of aryl methyl sites for hydroxylation is 1. The number of unbranched alkanes of at least 4 members (excludes halogenated alkanes) is 3. The van der Waals surface area contributed by atoms with Crippen LogP contribution in [0.4, 0.5) is 0 Å². The molecule has 6 N–H and O–H groups in total. The molecule has 2 fully saturated rings. The van der Waals surface area contributed by atoms with Crippen LogP contribution in [0.15, 0.2) is 48.5 Å². The highest BCUT2D eigenvalue weighted by molar-refractivity contribution is 6.00. The standard InChI is InChI=1S/C43H62N6O7/c1-4-5-11-30-15-17-31(18-16-30)32-19-21-33(22-20-32)41(53)47-36(13-7-9-24-45)43(55)48-25-10-14-37(48)39(51)26-29(2)40(52)46-35(12-6-8-23-44)38(50)27-34-28-49(56-3)42(34)54/h15-22,29,34-37H,4-14,23-28,44-45H2,1-3H3,(H,46,52)(H,47,53)/t29-,34-,35+,36+,37+/m1/s1. The summed E-state index contributed by atoms with van der Waals surface area (Å²) in [5.74, 6) is -3.16. The minimum atomic E-state index is -0.850. The van der Waals surface area contributed by atoms with Crippen molar-refractivity contribution in [3.8, 4) is 11.1 Å². The first-order valence-corrected chi connectivity index (χ1v) is 20.4. The molecule has 4 rings (SSSR count). The van der Waals surface area contributed by atoms with Crippen LogP contribution in [-0.2, 0) is 35.2 Å². The van der Waals surface area contributed by atoms with Gasteiger partial charge in [-0.25, -0.2) is 5.06 Å². The van der Waals surface area contributed by atoms with E-state index in [1.165, 1.54) is 17.7 Å². The Hall–Kier alpha value is -4.46. The smallest absolute Gasteiger partial charge is 0.251 e. The van der Waals surface area contributed by atoms with Gasteiger partial charge in [-0.05, 0) is 106 Å². The molecule has 4 amide bonds. The fraction of sp³-hybridized carbons (Fsp3) is 0.581. The van der Waals surface area contributed by atoms with Crippen molar-refractivity contribution in [2.24, 2.45) is 23.3 Å². The molecule has 2 aromatic rings. The number of carbonyl (C=O) groups is 6. The number of Topliss-reactive ketones (excluding diaryl/α,β-unsaturated/α-hetero) is 2. The first kappa shape index (κ1) is 44.3. The highest BCUT2D eigenvalue weighted by atomic mass is 16.7. The fourth-order valence-electron chi connectivity index (χ4n) is 7.43. The van der Waals surface area contributed by atoms with Crippen molar-refractivity contribution in [2.45, 2.75) is 115 Å². The normalized spacial score (nSPS) is 18.2. The predicted octanol–water partition coefficient (Wildman–Crippen LogP) is 4.10. The van der Waals surface area contributed by atoms with Crippen molar-refractivity contribution in [1.82, 2.24) is 20.6 Å². The molecule has 2 heterocycles. The Morgan fingerprint density at radius 2 is 1.48 bits per heavy atom. The van der Waals surface area contributed by atoms with Gasteiger partial charge >= 0.3 is 0 Å². The van der Waals surface area contributed by atoms with Gasteiger partial charge in [0, 0.05) is 30.9 Å². The van der Waals surface area contributed by atoms with Crippen LogP contribution in [0.5, 0.6) is 0 Å². The second kappa shape index (κ2) is 22.3. The molecule has 13 heteroatoms. The monoisotopic (exact) mass is 774 g/mol. The summed E-state index contributed by atoms with van der Waals surface area (Å²) in [6.45, 7) is 5.38. The van der Waals surface area contributed by atoms with Crippen LogP contribution < -0.4 is 22.1 Å². The molecule has 0 bridgehead atoms. The maximum atomic E-state index is 14.1. The summed E-state index contributed by atoms with van der Waals surface area (Å²) in [5, 5.41) is 6.96. The minimum Gasteiger partial charge on any atom is -0.346 e.